The van der Waals surface area contributed by atoms with Gasteiger partial charge in [-0.15, -0.1) is 0 Å². The maximum absolute atomic E-state index is 13.0. The normalized spacial score (nSPS) is 17.0. The molecule has 3 aromatic rings. The molecule has 0 unspecified atom stereocenters. The summed E-state index contributed by atoms with van der Waals surface area (Å²) >= 11 is 0. The maximum Gasteiger partial charge on any atom is 0.274 e. The number of H-pyrrole nitrogens is 2. The Morgan fingerprint density at radius 3 is 2.68 bits per heavy atom. The number of nitrogens with zero attached hydrogens (tertiary/aromatic N) is 3. The third-order valence-corrected chi connectivity index (χ3v) is 5.48. The van der Waals surface area contributed by atoms with E-state index in [1.54, 1.807) is 9.80 Å². The molecule has 0 spiro atoms. The van der Waals surface area contributed by atoms with E-state index < -0.39 is 0 Å². The number of fused-ring (bicyclic) bond motifs is 2. The Labute approximate surface area is 161 Å². The summed E-state index contributed by atoms with van der Waals surface area (Å²) in [4.78, 5) is 32.6. The Balaban J connectivity index is 1.39. The highest BCUT2D eigenvalue weighted by atomic mass is 16.5. The van der Waals surface area contributed by atoms with Gasteiger partial charge < -0.3 is 19.5 Å². The van der Waals surface area contributed by atoms with Crippen LogP contribution < -0.4 is 0 Å². The van der Waals surface area contributed by atoms with Crippen molar-refractivity contribution in [3.8, 4) is 0 Å². The van der Waals surface area contributed by atoms with Crippen LogP contribution in [0, 0.1) is 0 Å². The second-order valence-electron chi connectivity index (χ2n) is 7.18. The highest BCUT2D eigenvalue weighted by Gasteiger charge is 2.31. The number of aromatic nitrogens is 3. The first-order chi connectivity index (χ1) is 13.7. The van der Waals surface area contributed by atoms with Crippen molar-refractivity contribution < 1.29 is 14.3 Å². The molecule has 8 nitrogen and oxygen atoms in total. The quantitative estimate of drug-likeness (QED) is 0.707. The predicted octanol–water partition coefficient (Wildman–Crippen LogP) is 1.56. The summed E-state index contributed by atoms with van der Waals surface area (Å²) in [6.45, 7) is 3.20. The molecule has 8 heteroatoms. The molecule has 0 saturated carbocycles. The number of para-hydroxylation sites is 1. The number of ether oxygens (including phenoxy) is 1. The SMILES string of the molecule is O=C(c1cc2ccccc2[nH]1)N1CCc2[nH]nc(C(=O)N3CCOCC3)c2C1. The van der Waals surface area contributed by atoms with Crippen LogP contribution in [0.15, 0.2) is 30.3 Å². The van der Waals surface area contributed by atoms with E-state index in [2.05, 4.69) is 15.2 Å². The van der Waals surface area contributed by atoms with Gasteiger partial charge >= 0.3 is 0 Å². The Morgan fingerprint density at radius 1 is 1.04 bits per heavy atom. The topological polar surface area (TPSA) is 94.3 Å². The van der Waals surface area contributed by atoms with Crippen LogP contribution in [0.5, 0.6) is 0 Å². The minimum atomic E-state index is -0.0966. The van der Waals surface area contributed by atoms with Gasteiger partial charge in [-0.2, -0.15) is 5.10 Å². The molecule has 1 fully saturated rings. The van der Waals surface area contributed by atoms with E-state index >= 15 is 0 Å². The molecule has 0 radical (unpaired) electrons. The molecule has 1 saturated heterocycles. The fraction of sp³-hybridized carbons (Fsp3) is 0.350. The molecule has 2 aromatic heterocycles. The molecule has 2 amide bonds. The van der Waals surface area contributed by atoms with E-state index in [-0.39, 0.29) is 11.8 Å². The number of carbonyl (C=O) groups excluding carboxylic acids is 2. The van der Waals surface area contributed by atoms with E-state index in [1.807, 2.05) is 30.3 Å². The predicted molar refractivity (Wildman–Crippen MR) is 102 cm³/mol. The highest BCUT2D eigenvalue weighted by Crippen LogP contribution is 2.24. The van der Waals surface area contributed by atoms with Gasteiger partial charge in [-0.3, -0.25) is 14.7 Å². The lowest BCUT2D eigenvalue weighted by atomic mass is 10.0. The van der Waals surface area contributed by atoms with Crippen molar-refractivity contribution in [1.29, 1.82) is 0 Å². The Hall–Kier alpha value is -3.13. The zero-order valence-electron chi connectivity index (χ0n) is 15.4. The molecule has 0 aliphatic carbocycles. The number of carbonyl (C=O) groups is 2. The standard InChI is InChI=1S/C20H21N5O3/c26-19(17-11-13-3-1-2-4-15(13)21-17)25-6-5-16-14(12-25)18(23-22-16)20(27)24-7-9-28-10-8-24/h1-4,11,21H,5-10,12H2,(H,22,23). The van der Waals surface area contributed by atoms with Crippen molar-refractivity contribution in [3.63, 3.8) is 0 Å². The van der Waals surface area contributed by atoms with Crippen LogP contribution in [0.2, 0.25) is 0 Å². The fourth-order valence-corrected chi connectivity index (χ4v) is 3.92. The zero-order valence-corrected chi connectivity index (χ0v) is 15.4. The summed E-state index contributed by atoms with van der Waals surface area (Å²) in [7, 11) is 0. The number of hydrogen-bond acceptors (Lipinski definition) is 4. The summed E-state index contributed by atoms with van der Waals surface area (Å²) in [5, 5.41) is 8.27. The van der Waals surface area contributed by atoms with Crippen molar-refractivity contribution in [3.05, 3.63) is 53.0 Å². The zero-order chi connectivity index (χ0) is 19.1. The fourth-order valence-electron chi connectivity index (χ4n) is 3.92. The molecule has 0 atom stereocenters. The van der Waals surface area contributed by atoms with Gasteiger partial charge in [0.2, 0.25) is 0 Å². The van der Waals surface area contributed by atoms with Crippen molar-refractivity contribution >= 4 is 22.7 Å². The molecule has 2 aliphatic heterocycles. The maximum atomic E-state index is 13.0. The molecule has 144 valence electrons. The summed E-state index contributed by atoms with van der Waals surface area (Å²) < 4.78 is 5.32. The third kappa shape index (κ3) is 2.86. The molecule has 2 aliphatic rings. The minimum absolute atomic E-state index is 0.0622. The van der Waals surface area contributed by atoms with Crippen molar-refractivity contribution in [2.75, 3.05) is 32.8 Å². The van der Waals surface area contributed by atoms with Gasteiger partial charge in [0.15, 0.2) is 5.69 Å². The first-order valence-electron chi connectivity index (χ1n) is 9.51. The number of nitrogens with one attached hydrogen (secondary N) is 2. The first-order valence-corrected chi connectivity index (χ1v) is 9.51. The largest absolute Gasteiger partial charge is 0.378 e. The van der Waals surface area contributed by atoms with Crippen molar-refractivity contribution in [1.82, 2.24) is 25.0 Å². The van der Waals surface area contributed by atoms with Gasteiger partial charge in [0.1, 0.15) is 5.69 Å². The van der Waals surface area contributed by atoms with Crippen LogP contribution in [0.1, 0.15) is 32.2 Å². The van der Waals surface area contributed by atoms with Gasteiger partial charge in [0, 0.05) is 48.2 Å². The summed E-state index contributed by atoms with van der Waals surface area (Å²) in [5.41, 5.74) is 3.69. The lowest BCUT2D eigenvalue weighted by molar-refractivity contribution is 0.0297. The molecular formula is C20H21N5O3. The van der Waals surface area contributed by atoms with Crippen LogP contribution in [0.25, 0.3) is 10.9 Å². The highest BCUT2D eigenvalue weighted by molar-refractivity contribution is 5.98. The van der Waals surface area contributed by atoms with Crippen LogP contribution in [0.3, 0.4) is 0 Å². The summed E-state index contributed by atoms with van der Waals surface area (Å²) in [6.07, 6.45) is 0.657. The Bertz CT molecular complexity index is 1010. The Kier molecular flexibility index (Phi) is 4.12. The second-order valence-corrected chi connectivity index (χ2v) is 7.18. The van der Waals surface area contributed by atoms with Crippen molar-refractivity contribution in [2.45, 2.75) is 13.0 Å². The molecule has 1 aromatic carbocycles. The van der Waals surface area contributed by atoms with Crippen LogP contribution in [0.4, 0.5) is 0 Å². The smallest absolute Gasteiger partial charge is 0.274 e. The van der Waals surface area contributed by atoms with Crippen LogP contribution in [-0.2, 0) is 17.7 Å². The number of morpholine rings is 1. The lowest BCUT2D eigenvalue weighted by Crippen LogP contribution is -2.42. The Morgan fingerprint density at radius 2 is 1.86 bits per heavy atom. The van der Waals surface area contributed by atoms with Gasteiger partial charge in [0.05, 0.1) is 19.8 Å². The van der Waals surface area contributed by atoms with Gasteiger partial charge in [-0.25, -0.2) is 0 Å². The van der Waals surface area contributed by atoms with E-state index in [1.165, 1.54) is 0 Å². The molecule has 2 N–H and O–H groups in total. The van der Waals surface area contributed by atoms with E-state index in [9.17, 15) is 9.59 Å². The van der Waals surface area contributed by atoms with Gasteiger partial charge in [0.25, 0.3) is 11.8 Å². The molecular weight excluding hydrogens is 358 g/mol. The van der Waals surface area contributed by atoms with E-state index in [0.29, 0.717) is 57.2 Å². The van der Waals surface area contributed by atoms with Gasteiger partial charge in [-0.05, 0) is 12.1 Å². The second kappa shape index (κ2) is 6.79. The lowest BCUT2D eigenvalue weighted by Gasteiger charge is -2.29. The minimum Gasteiger partial charge on any atom is -0.378 e. The third-order valence-electron chi connectivity index (χ3n) is 5.48. The van der Waals surface area contributed by atoms with Crippen molar-refractivity contribution in [2.24, 2.45) is 0 Å². The molecule has 4 heterocycles. The number of hydrogen-bond donors (Lipinski definition) is 2. The average Bonchev–Trinajstić information content (AvgIpc) is 3.37. The number of aromatic amines is 2. The number of amides is 2. The number of benzene rings is 1. The first kappa shape index (κ1) is 17.0. The van der Waals surface area contributed by atoms with Crippen LogP contribution in [-0.4, -0.2) is 69.6 Å². The summed E-state index contributed by atoms with van der Waals surface area (Å²) in [5.74, 6) is -0.159. The van der Waals surface area contributed by atoms with Crippen LogP contribution >= 0.6 is 0 Å². The van der Waals surface area contributed by atoms with E-state index in [0.717, 1.165) is 22.2 Å². The summed E-state index contributed by atoms with van der Waals surface area (Å²) in [6, 6.07) is 9.70. The number of rotatable bonds is 2. The molecule has 0 bridgehead atoms. The monoisotopic (exact) mass is 379 g/mol. The molecule has 5 rings (SSSR count). The molecule has 28 heavy (non-hydrogen) atoms. The van der Waals surface area contributed by atoms with Gasteiger partial charge in [-0.1, -0.05) is 18.2 Å². The van der Waals surface area contributed by atoms with E-state index in [4.69, 9.17) is 4.74 Å². The average molecular weight is 379 g/mol.